The molecule has 0 spiro atoms. The van der Waals surface area contributed by atoms with Crippen molar-refractivity contribution >= 4 is 12.6 Å². The molecule has 0 radical (unpaired) electrons. The van der Waals surface area contributed by atoms with E-state index < -0.39 is 0 Å². The van der Waals surface area contributed by atoms with Gasteiger partial charge in [-0.2, -0.15) is 12.6 Å². The third-order valence-corrected chi connectivity index (χ3v) is 2.20. The number of hydrogen-bond donors (Lipinski definition) is 1. The van der Waals surface area contributed by atoms with Gasteiger partial charge in [-0.3, -0.25) is 0 Å². The van der Waals surface area contributed by atoms with Crippen LogP contribution in [0.25, 0.3) is 0 Å². The molecular weight excluding hydrogens is 166 g/mol. The first kappa shape index (κ1) is 9.59. The number of rotatable bonds is 4. The lowest BCUT2D eigenvalue weighted by Crippen LogP contribution is -2.32. The Morgan fingerprint density at radius 1 is 1.25 bits per heavy atom. The fourth-order valence-corrected chi connectivity index (χ4v) is 1.31. The standard InChI is InChI=1S/C10H15NS/c1-10-4-7-11(8-5-10)6-2-3-9-12/h4-5,7-8H,2-3,6,9H2,1H3/p+1. The molecule has 0 unspecified atom stereocenters. The normalized spacial score (nSPS) is 10.2. The lowest BCUT2D eigenvalue weighted by molar-refractivity contribution is -0.697. The fourth-order valence-electron chi connectivity index (χ4n) is 1.09. The molecule has 1 nitrogen and oxygen atoms in total. The summed E-state index contributed by atoms with van der Waals surface area (Å²) in [7, 11) is 0. The molecule has 1 aromatic heterocycles. The van der Waals surface area contributed by atoms with Gasteiger partial charge in [0.1, 0.15) is 6.54 Å². The molecule has 0 bridgehead atoms. The highest BCUT2D eigenvalue weighted by Gasteiger charge is 1.97. The quantitative estimate of drug-likeness (QED) is 0.412. The summed E-state index contributed by atoms with van der Waals surface area (Å²) in [5.41, 5.74) is 1.32. The first-order valence-electron chi connectivity index (χ1n) is 4.39. The van der Waals surface area contributed by atoms with Crippen LogP contribution < -0.4 is 4.57 Å². The summed E-state index contributed by atoms with van der Waals surface area (Å²) in [6.07, 6.45) is 6.68. The van der Waals surface area contributed by atoms with Gasteiger partial charge in [-0.1, -0.05) is 0 Å². The van der Waals surface area contributed by atoms with Gasteiger partial charge in [0.05, 0.1) is 0 Å². The molecule has 12 heavy (non-hydrogen) atoms. The van der Waals surface area contributed by atoms with E-state index in [-0.39, 0.29) is 0 Å². The predicted molar refractivity (Wildman–Crippen MR) is 54.5 cm³/mol. The van der Waals surface area contributed by atoms with Crippen LogP contribution in [0.5, 0.6) is 0 Å². The van der Waals surface area contributed by atoms with Crippen LogP contribution in [0.1, 0.15) is 18.4 Å². The average molecular weight is 182 g/mol. The van der Waals surface area contributed by atoms with Gasteiger partial charge in [0.15, 0.2) is 12.4 Å². The van der Waals surface area contributed by atoms with Gasteiger partial charge >= 0.3 is 0 Å². The second-order valence-electron chi connectivity index (χ2n) is 3.04. The lowest BCUT2D eigenvalue weighted by atomic mass is 10.3. The van der Waals surface area contributed by atoms with Crippen LogP contribution in [0.4, 0.5) is 0 Å². The molecular formula is C10H16NS+. The molecule has 66 valence electrons. The average Bonchev–Trinajstić information content (AvgIpc) is 2.09. The Morgan fingerprint density at radius 3 is 2.50 bits per heavy atom. The van der Waals surface area contributed by atoms with E-state index in [4.69, 9.17) is 0 Å². The number of hydrogen-bond acceptors (Lipinski definition) is 1. The molecule has 0 aliphatic carbocycles. The Bertz CT molecular complexity index is 218. The minimum atomic E-state index is 0.992. The van der Waals surface area contributed by atoms with Crippen LogP contribution >= 0.6 is 12.6 Å². The molecule has 0 saturated heterocycles. The van der Waals surface area contributed by atoms with Gasteiger partial charge in [-0.25, -0.2) is 4.57 Å². The van der Waals surface area contributed by atoms with Crippen molar-refractivity contribution in [3.8, 4) is 0 Å². The van der Waals surface area contributed by atoms with Crippen molar-refractivity contribution in [2.45, 2.75) is 26.3 Å². The maximum Gasteiger partial charge on any atom is 0.169 e. The summed E-state index contributed by atoms with van der Waals surface area (Å²) in [5.74, 6) is 0.992. The molecule has 0 aliphatic rings. The van der Waals surface area contributed by atoms with Gasteiger partial charge in [0.25, 0.3) is 0 Å². The van der Waals surface area contributed by atoms with Gasteiger partial charge in [0, 0.05) is 18.6 Å². The van der Waals surface area contributed by atoms with Crippen molar-refractivity contribution in [3.63, 3.8) is 0 Å². The van der Waals surface area contributed by atoms with Crippen LogP contribution in [0.15, 0.2) is 24.5 Å². The first-order chi connectivity index (χ1) is 5.83. The Morgan fingerprint density at radius 2 is 1.92 bits per heavy atom. The Balaban J connectivity index is 2.37. The highest BCUT2D eigenvalue weighted by molar-refractivity contribution is 7.80. The molecule has 0 aromatic carbocycles. The molecule has 1 rings (SSSR count). The number of unbranched alkanes of at least 4 members (excludes halogenated alkanes) is 1. The Hall–Kier alpha value is -0.500. The molecule has 1 aromatic rings. The third kappa shape index (κ3) is 3.26. The van der Waals surface area contributed by atoms with Gasteiger partial charge in [0.2, 0.25) is 0 Å². The van der Waals surface area contributed by atoms with Crippen LogP contribution in [0.2, 0.25) is 0 Å². The number of aryl methyl sites for hydroxylation is 2. The highest BCUT2D eigenvalue weighted by atomic mass is 32.1. The van der Waals surface area contributed by atoms with Crippen molar-refractivity contribution in [3.05, 3.63) is 30.1 Å². The van der Waals surface area contributed by atoms with E-state index in [2.05, 4.69) is 48.6 Å². The lowest BCUT2D eigenvalue weighted by Gasteiger charge is -1.95. The zero-order chi connectivity index (χ0) is 8.81. The summed E-state index contributed by atoms with van der Waals surface area (Å²) >= 11 is 4.17. The number of thiol groups is 1. The van der Waals surface area contributed by atoms with E-state index in [1.165, 1.54) is 18.4 Å². The molecule has 0 atom stereocenters. The fraction of sp³-hybridized carbons (Fsp3) is 0.500. The van der Waals surface area contributed by atoms with Crippen LogP contribution in [-0.4, -0.2) is 5.75 Å². The molecule has 0 aliphatic heterocycles. The van der Waals surface area contributed by atoms with Crippen molar-refractivity contribution in [2.75, 3.05) is 5.75 Å². The van der Waals surface area contributed by atoms with Crippen molar-refractivity contribution < 1.29 is 4.57 Å². The van der Waals surface area contributed by atoms with Gasteiger partial charge in [-0.15, -0.1) is 0 Å². The van der Waals surface area contributed by atoms with Gasteiger partial charge < -0.3 is 0 Å². The minimum Gasteiger partial charge on any atom is -0.205 e. The van der Waals surface area contributed by atoms with Crippen molar-refractivity contribution in [1.82, 2.24) is 0 Å². The van der Waals surface area contributed by atoms with E-state index in [0.29, 0.717) is 0 Å². The van der Waals surface area contributed by atoms with Gasteiger partial charge in [-0.05, 0) is 24.7 Å². The van der Waals surface area contributed by atoms with E-state index >= 15 is 0 Å². The smallest absolute Gasteiger partial charge is 0.169 e. The van der Waals surface area contributed by atoms with Crippen molar-refractivity contribution in [1.29, 1.82) is 0 Å². The summed E-state index contributed by atoms with van der Waals surface area (Å²) < 4.78 is 2.22. The molecule has 1 heterocycles. The van der Waals surface area contributed by atoms with E-state index in [9.17, 15) is 0 Å². The topological polar surface area (TPSA) is 3.88 Å². The molecule has 0 amide bonds. The third-order valence-electron chi connectivity index (χ3n) is 1.88. The first-order valence-corrected chi connectivity index (χ1v) is 5.03. The SMILES string of the molecule is Cc1cc[n+](CCCCS)cc1. The maximum absolute atomic E-state index is 4.17. The minimum absolute atomic E-state index is 0.992. The second kappa shape index (κ2) is 5.20. The Labute approximate surface area is 79.8 Å². The molecule has 0 fully saturated rings. The van der Waals surface area contributed by atoms with Crippen LogP contribution in [0.3, 0.4) is 0 Å². The number of nitrogens with zero attached hydrogens (tertiary/aromatic N) is 1. The zero-order valence-electron chi connectivity index (χ0n) is 7.53. The van der Waals surface area contributed by atoms with Crippen molar-refractivity contribution in [2.24, 2.45) is 0 Å². The summed E-state index contributed by atoms with van der Waals surface area (Å²) in [6, 6.07) is 4.28. The Kier molecular flexibility index (Phi) is 4.15. The number of pyridine rings is 1. The largest absolute Gasteiger partial charge is 0.205 e. The zero-order valence-corrected chi connectivity index (χ0v) is 8.43. The summed E-state index contributed by atoms with van der Waals surface area (Å²) in [6.45, 7) is 3.22. The van der Waals surface area contributed by atoms with Crippen LogP contribution in [-0.2, 0) is 6.54 Å². The molecule has 0 N–H and O–H groups in total. The summed E-state index contributed by atoms with van der Waals surface area (Å²) in [5, 5.41) is 0. The summed E-state index contributed by atoms with van der Waals surface area (Å²) in [4.78, 5) is 0. The molecule has 0 saturated carbocycles. The number of aromatic nitrogens is 1. The van der Waals surface area contributed by atoms with Crippen LogP contribution in [0, 0.1) is 6.92 Å². The highest BCUT2D eigenvalue weighted by Crippen LogP contribution is 1.93. The monoisotopic (exact) mass is 182 g/mol. The van der Waals surface area contributed by atoms with E-state index in [0.717, 1.165) is 12.3 Å². The predicted octanol–water partition coefficient (Wildman–Crippen LogP) is 1.99. The second-order valence-corrected chi connectivity index (χ2v) is 3.49. The van der Waals surface area contributed by atoms with E-state index in [1.807, 2.05) is 0 Å². The van der Waals surface area contributed by atoms with E-state index in [1.54, 1.807) is 0 Å². The molecule has 2 heteroatoms. The maximum atomic E-state index is 4.17.